The second-order valence-electron chi connectivity index (χ2n) is 5.87. The highest BCUT2D eigenvalue weighted by Crippen LogP contribution is 2.21. The number of rotatable bonds is 10. The molecule has 7 heteroatoms. The SMILES string of the molecule is COc1cccc(-c2noc(CCC(=O)NCCCOC(C)C)n2)c1. The van der Waals surface area contributed by atoms with Gasteiger partial charge in [-0.15, -0.1) is 0 Å². The zero-order valence-corrected chi connectivity index (χ0v) is 14.9. The molecule has 0 saturated carbocycles. The number of methoxy groups -OCH3 is 1. The van der Waals surface area contributed by atoms with E-state index < -0.39 is 0 Å². The van der Waals surface area contributed by atoms with E-state index in [-0.39, 0.29) is 12.0 Å². The van der Waals surface area contributed by atoms with Gasteiger partial charge in [-0.3, -0.25) is 4.79 Å². The van der Waals surface area contributed by atoms with Gasteiger partial charge in [-0.25, -0.2) is 0 Å². The first kappa shape index (κ1) is 18.9. The van der Waals surface area contributed by atoms with Crippen LogP contribution in [0.1, 0.15) is 32.6 Å². The molecule has 0 bridgehead atoms. The third kappa shape index (κ3) is 6.54. The molecule has 136 valence electrons. The predicted octanol–water partition coefficient (Wildman–Crippen LogP) is 2.61. The fraction of sp³-hybridized carbons (Fsp3) is 0.500. The first-order valence-electron chi connectivity index (χ1n) is 8.44. The molecule has 1 heterocycles. The van der Waals surface area contributed by atoms with Crippen LogP contribution in [0.25, 0.3) is 11.4 Å². The van der Waals surface area contributed by atoms with Crippen LogP contribution in [0, 0.1) is 0 Å². The molecule has 2 rings (SSSR count). The molecule has 0 radical (unpaired) electrons. The molecule has 0 unspecified atom stereocenters. The van der Waals surface area contributed by atoms with Crippen LogP contribution in [-0.4, -0.2) is 42.4 Å². The smallest absolute Gasteiger partial charge is 0.227 e. The van der Waals surface area contributed by atoms with Crippen molar-refractivity contribution < 1.29 is 18.8 Å². The lowest BCUT2D eigenvalue weighted by Crippen LogP contribution is -2.25. The van der Waals surface area contributed by atoms with E-state index in [0.29, 0.717) is 37.7 Å². The number of carbonyl (C=O) groups excluding carboxylic acids is 1. The minimum atomic E-state index is -0.0364. The zero-order chi connectivity index (χ0) is 18.1. The Balaban J connectivity index is 1.74. The third-order valence-electron chi connectivity index (χ3n) is 3.46. The second-order valence-corrected chi connectivity index (χ2v) is 5.87. The number of nitrogens with zero attached hydrogens (tertiary/aromatic N) is 2. The summed E-state index contributed by atoms with van der Waals surface area (Å²) in [5, 5.41) is 6.81. The Morgan fingerprint density at radius 3 is 2.96 bits per heavy atom. The van der Waals surface area contributed by atoms with Crippen LogP contribution in [0.3, 0.4) is 0 Å². The summed E-state index contributed by atoms with van der Waals surface area (Å²) in [5.41, 5.74) is 0.809. The molecule has 25 heavy (non-hydrogen) atoms. The van der Waals surface area contributed by atoms with Crippen molar-refractivity contribution in [3.8, 4) is 17.1 Å². The highest BCUT2D eigenvalue weighted by Gasteiger charge is 2.11. The Morgan fingerprint density at radius 1 is 1.36 bits per heavy atom. The van der Waals surface area contributed by atoms with Crippen molar-refractivity contribution in [3.05, 3.63) is 30.2 Å². The van der Waals surface area contributed by atoms with E-state index in [1.165, 1.54) is 0 Å². The normalized spacial score (nSPS) is 10.9. The molecule has 0 atom stereocenters. The van der Waals surface area contributed by atoms with Crippen LogP contribution in [0.2, 0.25) is 0 Å². The molecule has 0 saturated heterocycles. The van der Waals surface area contributed by atoms with Gasteiger partial charge < -0.3 is 19.3 Å². The number of hydrogen-bond donors (Lipinski definition) is 1. The van der Waals surface area contributed by atoms with Crippen molar-refractivity contribution in [1.29, 1.82) is 0 Å². The molecular weight excluding hydrogens is 322 g/mol. The summed E-state index contributed by atoms with van der Waals surface area (Å²) >= 11 is 0. The van der Waals surface area contributed by atoms with Gasteiger partial charge in [-0.05, 0) is 32.4 Å². The molecular formula is C18H25N3O4. The number of amides is 1. The Bertz CT molecular complexity index is 670. The number of aryl methyl sites for hydroxylation is 1. The first-order chi connectivity index (χ1) is 12.1. The minimum absolute atomic E-state index is 0.0364. The van der Waals surface area contributed by atoms with Crippen LogP contribution in [0.4, 0.5) is 0 Å². The fourth-order valence-electron chi connectivity index (χ4n) is 2.16. The van der Waals surface area contributed by atoms with E-state index in [0.717, 1.165) is 17.7 Å². The highest BCUT2D eigenvalue weighted by atomic mass is 16.5. The molecule has 0 aliphatic carbocycles. The van der Waals surface area contributed by atoms with E-state index in [1.807, 2.05) is 38.1 Å². The molecule has 2 aromatic rings. The van der Waals surface area contributed by atoms with Gasteiger partial charge in [0.25, 0.3) is 0 Å². The maximum Gasteiger partial charge on any atom is 0.227 e. The largest absolute Gasteiger partial charge is 0.497 e. The average molecular weight is 347 g/mol. The van der Waals surface area contributed by atoms with Gasteiger partial charge in [-0.1, -0.05) is 17.3 Å². The summed E-state index contributed by atoms with van der Waals surface area (Å²) in [6, 6.07) is 7.42. The standard InChI is InChI=1S/C18H25N3O4/c1-13(2)24-11-5-10-19-16(22)8-9-17-20-18(21-25-17)14-6-4-7-15(12-14)23-3/h4,6-7,12-13H,5,8-11H2,1-3H3,(H,19,22). The van der Waals surface area contributed by atoms with Crippen LogP contribution < -0.4 is 10.1 Å². The average Bonchev–Trinajstić information content (AvgIpc) is 3.08. The van der Waals surface area contributed by atoms with Crippen LogP contribution in [-0.2, 0) is 16.0 Å². The van der Waals surface area contributed by atoms with E-state index in [1.54, 1.807) is 7.11 Å². The van der Waals surface area contributed by atoms with Gasteiger partial charge in [0.05, 0.1) is 13.2 Å². The maximum absolute atomic E-state index is 11.8. The van der Waals surface area contributed by atoms with Gasteiger partial charge in [0.15, 0.2) is 0 Å². The highest BCUT2D eigenvalue weighted by molar-refractivity contribution is 5.75. The van der Waals surface area contributed by atoms with Crippen LogP contribution in [0.15, 0.2) is 28.8 Å². The summed E-state index contributed by atoms with van der Waals surface area (Å²) in [6.07, 6.45) is 1.73. The number of benzene rings is 1. The number of carbonyl (C=O) groups is 1. The maximum atomic E-state index is 11.8. The molecule has 0 aliphatic heterocycles. The Hall–Kier alpha value is -2.41. The topological polar surface area (TPSA) is 86.5 Å². The van der Waals surface area contributed by atoms with E-state index in [2.05, 4.69) is 15.5 Å². The van der Waals surface area contributed by atoms with Crippen molar-refractivity contribution in [3.63, 3.8) is 0 Å². The van der Waals surface area contributed by atoms with Gasteiger partial charge >= 0.3 is 0 Å². The number of nitrogens with one attached hydrogen (secondary N) is 1. The van der Waals surface area contributed by atoms with Gasteiger partial charge in [-0.2, -0.15) is 4.98 Å². The lowest BCUT2D eigenvalue weighted by molar-refractivity contribution is -0.121. The van der Waals surface area contributed by atoms with Crippen molar-refractivity contribution in [2.24, 2.45) is 0 Å². The van der Waals surface area contributed by atoms with E-state index in [9.17, 15) is 4.79 Å². The van der Waals surface area contributed by atoms with E-state index in [4.69, 9.17) is 14.0 Å². The predicted molar refractivity (Wildman–Crippen MR) is 93.3 cm³/mol. The number of ether oxygens (including phenoxy) is 2. The molecule has 7 nitrogen and oxygen atoms in total. The van der Waals surface area contributed by atoms with Crippen molar-refractivity contribution in [1.82, 2.24) is 15.5 Å². The number of aromatic nitrogens is 2. The van der Waals surface area contributed by atoms with Crippen LogP contribution in [0.5, 0.6) is 5.75 Å². The summed E-state index contributed by atoms with van der Waals surface area (Å²) < 4.78 is 15.8. The van der Waals surface area contributed by atoms with Crippen molar-refractivity contribution >= 4 is 5.91 Å². The second kappa shape index (κ2) is 9.78. The molecule has 0 spiro atoms. The minimum Gasteiger partial charge on any atom is -0.497 e. The Kier molecular flexibility index (Phi) is 7.40. The van der Waals surface area contributed by atoms with Gasteiger partial charge in [0.1, 0.15) is 5.75 Å². The summed E-state index contributed by atoms with van der Waals surface area (Å²) in [7, 11) is 1.61. The fourth-order valence-corrected chi connectivity index (χ4v) is 2.16. The molecule has 0 aliphatic rings. The third-order valence-corrected chi connectivity index (χ3v) is 3.46. The first-order valence-corrected chi connectivity index (χ1v) is 8.44. The molecule has 1 aromatic heterocycles. The van der Waals surface area contributed by atoms with Crippen molar-refractivity contribution in [2.45, 2.75) is 39.2 Å². The molecule has 1 aromatic carbocycles. The Labute approximate surface area is 147 Å². The van der Waals surface area contributed by atoms with Crippen molar-refractivity contribution in [2.75, 3.05) is 20.3 Å². The lowest BCUT2D eigenvalue weighted by atomic mass is 10.2. The molecule has 1 amide bonds. The summed E-state index contributed by atoms with van der Waals surface area (Å²) in [5.74, 6) is 1.62. The molecule has 0 fully saturated rings. The van der Waals surface area contributed by atoms with E-state index >= 15 is 0 Å². The lowest BCUT2D eigenvalue weighted by Gasteiger charge is -2.07. The zero-order valence-electron chi connectivity index (χ0n) is 14.9. The van der Waals surface area contributed by atoms with Gasteiger partial charge in [0.2, 0.25) is 17.6 Å². The summed E-state index contributed by atoms with van der Waals surface area (Å²) in [4.78, 5) is 16.1. The number of hydrogen-bond acceptors (Lipinski definition) is 6. The summed E-state index contributed by atoms with van der Waals surface area (Å²) in [6.45, 7) is 5.22. The quantitative estimate of drug-likeness (QED) is 0.665. The molecule has 1 N–H and O–H groups in total. The van der Waals surface area contributed by atoms with Gasteiger partial charge in [0, 0.05) is 31.6 Å². The van der Waals surface area contributed by atoms with Crippen LogP contribution >= 0.6 is 0 Å². The monoisotopic (exact) mass is 347 g/mol. The Morgan fingerprint density at radius 2 is 2.20 bits per heavy atom.